The van der Waals surface area contributed by atoms with Crippen molar-refractivity contribution in [2.45, 2.75) is 65.3 Å². The van der Waals surface area contributed by atoms with Gasteiger partial charge in [0, 0.05) is 137 Å². The normalized spacial score (nSPS) is 13.2. The number of nitrogens with zero attached hydrogens (tertiary/aromatic N) is 4. The quantitative estimate of drug-likeness (QED) is 0.0131. The average Bonchev–Trinajstić information content (AvgIpc) is 1.66. The molecule has 0 aliphatic heterocycles. The number of benzene rings is 4. The minimum Gasteiger partial charge on any atom is -0.493 e. The van der Waals surface area contributed by atoms with Crippen LogP contribution in [0.1, 0.15) is 66.8 Å². The molecular weight excluding hydrogens is 1130 g/mol. The molecule has 0 saturated heterocycles. The Morgan fingerprint density at radius 2 is 0.989 bits per heavy atom. The summed E-state index contributed by atoms with van der Waals surface area (Å²) >= 11 is 0. The lowest BCUT2D eigenvalue weighted by Gasteiger charge is -2.16. The highest BCUT2D eigenvalue weighted by molar-refractivity contribution is 6.52. The number of fused-ring (bicyclic) bond motifs is 2. The maximum Gasteiger partial charge on any atom is 0.317 e. The van der Waals surface area contributed by atoms with Crippen LogP contribution in [0.5, 0.6) is 34.5 Å². The summed E-state index contributed by atoms with van der Waals surface area (Å²) in [6.45, 7) is 2.68. The largest absolute Gasteiger partial charge is 0.493 e. The first-order valence-electron chi connectivity index (χ1n) is 27.8. The number of H-pyrrole nitrogens is 2. The number of ketones is 4. The van der Waals surface area contributed by atoms with E-state index < -0.39 is 12.3 Å². The Balaban J connectivity index is 0.000000226. The van der Waals surface area contributed by atoms with Gasteiger partial charge in [-0.3, -0.25) is 24.0 Å². The number of ether oxygens (including phenoxy) is 7. The Hall–Kier alpha value is -10.7. The fraction of sp³-hybridized carbons (Fsp3) is 0.297. The zero-order valence-electron chi connectivity index (χ0n) is 48.8. The molecule has 4 aromatic carbocycles. The molecule has 4 aromatic heterocycles. The topological polar surface area (TPSA) is 299 Å². The Morgan fingerprint density at radius 3 is 1.41 bits per heavy atom. The van der Waals surface area contributed by atoms with Crippen LogP contribution in [0, 0.1) is 0 Å². The third-order valence-electron chi connectivity index (χ3n) is 14.7. The summed E-state index contributed by atoms with van der Waals surface area (Å²) in [6.07, 6.45) is 11.0. The number of hydrogen-bond donors (Lipinski definition) is 6. The van der Waals surface area contributed by atoms with Crippen molar-refractivity contribution in [1.82, 2.24) is 50.3 Å². The summed E-state index contributed by atoms with van der Waals surface area (Å²) in [5.74, 6) is 1.25. The van der Waals surface area contributed by atoms with Gasteiger partial charge in [-0.1, -0.05) is 43.8 Å². The number of nitrogens with one attached hydrogen (secondary N) is 6. The number of urea groups is 2. The van der Waals surface area contributed by atoms with E-state index in [1.54, 1.807) is 43.0 Å². The molecule has 0 bridgehead atoms. The first-order chi connectivity index (χ1) is 42.3. The number of rotatable bonds is 26. The van der Waals surface area contributed by atoms with E-state index in [1.807, 2.05) is 65.5 Å². The van der Waals surface area contributed by atoms with Crippen LogP contribution in [-0.2, 0) is 54.6 Å². The fourth-order valence-electron chi connectivity index (χ4n) is 10.8. The molecule has 4 heterocycles. The van der Waals surface area contributed by atoms with E-state index >= 15 is 0 Å². The van der Waals surface area contributed by atoms with Gasteiger partial charge < -0.3 is 73.5 Å². The van der Waals surface area contributed by atoms with E-state index in [2.05, 4.69) is 45.8 Å². The molecule has 8 aromatic rings. The van der Waals surface area contributed by atoms with Crippen LogP contribution >= 0.6 is 0 Å². The lowest BCUT2D eigenvalue weighted by Crippen LogP contribution is -2.44. The number of carbonyl (C=O) groups is 7. The monoisotopic (exact) mass is 1200 g/mol. The third-order valence-corrected chi connectivity index (χ3v) is 14.7. The second kappa shape index (κ2) is 29.4. The Bertz CT molecular complexity index is 3870. The van der Waals surface area contributed by atoms with Crippen LogP contribution < -0.4 is 49.7 Å². The molecule has 10 rings (SSSR count). The van der Waals surface area contributed by atoms with Crippen molar-refractivity contribution < 1.29 is 66.7 Å². The van der Waals surface area contributed by atoms with Gasteiger partial charge in [-0.05, 0) is 60.4 Å². The van der Waals surface area contributed by atoms with Gasteiger partial charge in [0.25, 0.3) is 6.47 Å². The van der Waals surface area contributed by atoms with Gasteiger partial charge >= 0.3 is 12.1 Å². The number of aromatic nitrogens is 6. The lowest BCUT2D eigenvalue weighted by molar-refractivity contribution is -0.134. The molecule has 0 spiro atoms. The van der Waals surface area contributed by atoms with E-state index in [-0.39, 0.29) is 62.3 Å². The molecule has 6 N–H and O–H groups in total. The summed E-state index contributed by atoms with van der Waals surface area (Å²) in [4.78, 5) is 103. The zero-order valence-corrected chi connectivity index (χ0v) is 48.8. The molecular formula is C64H70N10O14. The van der Waals surface area contributed by atoms with E-state index in [0.29, 0.717) is 137 Å². The second-order valence-electron chi connectivity index (χ2n) is 20.0. The number of hydrogen-bond acceptors (Lipinski definition) is 16. The first kappa shape index (κ1) is 63.4. The van der Waals surface area contributed by atoms with Crippen molar-refractivity contribution in [1.29, 1.82) is 0 Å². The molecule has 2 aliphatic rings. The van der Waals surface area contributed by atoms with Gasteiger partial charge in [0.2, 0.25) is 11.5 Å². The Morgan fingerprint density at radius 1 is 0.568 bits per heavy atom. The van der Waals surface area contributed by atoms with Gasteiger partial charge in [-0.15, -0.1) is 0 Å². The molecule has 1 atom stereocenters. The van der Waals surface area contributed by atoms with Crippen molar-refractivity contribution >= 4 is 85.8 Å². The van der Waals surface area contributed by atoms with E-state index in [4.69, 9.17) is 33.2 Å². The van der Waals surface area contributed by atoms with E-state index in [0.717, 1.165) is 27.5 Å². The summed E-state index contributed by atoms with van der Waals surface area (Å²) in [6, 6.07) is 21.4. The lowest BCUT2D eigenvalue weighted by atomic mass is 9.95. The number of Topliss-reactive ketones (excluding diaryl/α,β-unsaturated/α-hetero) is 4. The molecule has 0 saturated carbocycles. The smallest absolute Gasteiger partial charge is 0.317 e. The van der Waals surface area contributed by atoms with Gasteiger partial charge in [0.05, 0.1) is 68.2 Å². The highest BCUT2D eigenvalue weighted by Gasteiger charge is 2.37. The molecule has 0 radical (unpaired) electrons. The molecule has 24 heteroatoms. The molecule has 2 aliphatic carbocycles. The molecule has 4 amide bonds. The molecule has 88 heavy (non-hydrogen) atoms. The van der Waals surface area contributed by atoms with Gasteiger partial charge in [0.1, 0.15) is 0 Å². The summed E-state index contributed by atoms with van der Waals surface area (Å²) in [7, 11) is 8.99. The van der Waals surface area contributed by atoms with E-state index in [1.165, 1.54) is 49.0 Å². The zero-order chi connectivity index (χ0) is 61.6. The van der Waals surface area contributed by atoms with Crippen LogP contribution in [0.2, 0.25) is 0 Å². The number of amides is 4. The molecule has 460 valence electrons. The number of aryl methyl sites for hydroxylation is 2. The summed E-state index contributed by atoms with van der Waals surface area (Å²) in [5.41, 5.74) is 7.14. The van der Waals surface area contributed by atoms with Gasteiger partial charge in [-0.2, -0.15) is 0 Å². The SMILES string of the molecule is C.COc1cc(C2=C(c3cn(CCCNC(=O)NC(Cc4cnc[nH]4)OC=O)c4ccccc34)C(=O)CC2=O)cc(OC)c1OC.COc1cc(C2=C(c3cn(CCCNC(=O)NCCc4cnc[nH]4)c4ccccc34)C(=O)CC2=O)cc(OC)c1OC. The van der Waals surface area contributed by atoms with E-state index in [9.17, 15) is 33.6 Å². The van der Waals surface area contributed by atoms with Crippen LogP contribution in [0.15, 0.2) is 110 Å². The van der Waals surface area contributed by atoms with Crippen molar-refractivity contribution in [3.63, 3.8) is 0 Å². The maximum absolute atomic E-state index is 13.4. The van der Waals surface area contributed by atoms with Crippen LogP contribution in [0.3, 0.4) is 0 Å². The number of imidazole rings is 2. The van der Waals surface area contributed by atoms with Gasteiger partial charge in [0.15, 0.2) is 52.4 Å². The average molecular weight is 1200 g/mol. The minimum atomic E-state index is -0.862. The molecule has 1 unspecified atom stereocenters. The number of methoxy groups -OCH3 is 6. The number of allylic oxidation sites excluding steroid dienone is 4. The second-order valence-corrected chi connectivity index (χ2v) is 20.0. The fourth-order valence-corrected chi connectivity index (χ4v) is 10.8. The first-order valence-corrected chi connectivity index (χ1v) is 27.8. The van der Waals surface area contributed by atoms with Crippen molar-refractivity contribution in [3.8, 4) is 34.5 Å². The van der Waals surface area contributed by atoms with Crippen molar-refractivity contribution in [3.05, 3.63) is 144 Å². The predicted octanol–water partition coefficient (Wildman–Crippen LogP) is 7.69. The number of carbonyl (C=O) groups excluding carboxylic acids is 7. The van der Waals surface area contributed by atoms with Crippen LogP contribution in [0.25, 0.3) is 44.1 Å². The predicted molar refractivity (Wildman–Crippen MR) is 328 cm³/mol. The Kier molecular flexibility index (Phi) is 21.2. The number of aromatic amines is 2. The highest BCUT2D eigenvalue weighted by Crippen LogP contribution is 2.47. The summed E-state index contributed by atoms with van der Waals surface area (Å²) < 4.78 is 41.9. The van der Waals surface area contributed by atoms with Crippen LogP contribution in [-0.4, -0.2) is 139 Å². The van der Waals surface area contributed by atoms with Crippen LogP contribution in [0.4, 0.5) is 9.59 Å². The van der Waals surface area contributed by atoms with Crippen molar-refractivity contribution in [2.24, 2.45) is 0 Å². The van der Waals surface area contributed by atoms with Crippen molar-refractivity contribution in [2.75, 3.05) is 62.3 Å². The molecule has 0 fully saturated rings. The molecule has 24 nitrogen and oxygen atoms in total. The number of para-hydroxylation sites is 2. The Labute approximate surface area is 506 Å². The third kappa shape index (κ3) is 14.0. The maximum atomic E-state index is 13.4. The summed E-state index contributed by atoms with van der Waals surface area (Å²) in [5, 5.41) is 12.8. The highest BCUT2D eigenvalue weighted by atomic mass is 16.5. The minimum absolute atomic E-state index is 0. The standard InChI is InChI=1S/C32H33N5O8.C31H33N5O6.CH4/c1-42-26-11-19(12-27(43-2)31(26)44-3)29-24(39)14-25(40)30(29)22-16-37(23-8-5-4-7-21(22)23)10-6-9-34-32(41)36-28(45-18-38)13-20-15-33-17-35-20;1-40-26-13-19(14-27(41-2)30(26)42-3)28-24(37)15-25(38)29(28)22-17-36(23-8-5-4-7-21(22)23)12-6-10-33-31(39)34-11-9-20-16-32-18-35-20;/h4-5,7-8,11-12,15-18,28H,6,9-10,13-14H2,1-3H3,(H,33,35)(H2,34,36,41);4-5,7-8,13-14,16-18H,6,9-12,15H2,1-3H3,(H,32,35)(H2,33,34,39);1H4. The van der Waals surface area contributed by atoms with Gasteiger partial charge in [-0.25, -0.2) is 19.6 Å².